The largest absolute Gasteiger partial charge is 0.482 e. The van der Waals surface area contributed by atoms with Crippen molar-refractivity contribution in [3.63, 3.8) is 0 Å². The Hall–Kier alpha value is -3.68. The number of aliphatic hydroxyl groups is 1. The highest BCUT2D eigenvalue weighted by Crippen LogP contribution is 2.41. The van der Waals surface area contributed by atoms with E-state index >= 15 is 0 Å². The van der Waals surface area contributed by atoms with E-state index in [9.17, 15) is 15.2 Å². The van der Waals surface area contributed by atoms with E-state index in [0.717, 1.165) is 17.5 Å². The highest BCUT2D eigenvalue weighted by atomic mass is 16.6. The second-order valence-corrected chi connectivity index (χ2v) is 9.23. The van der Waals surface area contributed by atoms with Crippen molar-refractivity contribution in [1.82, 2.24) is 10.3 Å². The van der Waals surface area contributed by atoms with Gasteiger partial charge >= 0.3 is 5.69 Å². The van der Waals surface area contributed by atoms with Crippen LogP contribution in [0.3, 0.4) is 0 Å². The van der Waals surface area contributed by atoms with Crippen molar-refractivity contribution in [2.45, 2.75) is 51.0 Å². The lowest BCUT2D eigenvalue weighted by Gasteiger charge is -2.33. The number of nitro groups is 1. The number of aromatic amines is 1. The smallest absolute Gasteiger partial charge is 0.314 e. The third-order valence-electron chi connectivity index (χ3n) is 6.81. The number of fused-ring (bicyclic) bond motifs is 2. The van der Waals surface area contributed by atoms with Gasteiger partial charge < -0.3 is 20.1 Å². The molecule has 1 heterocycles. The summed E-state index contributed by atoms with van der Waals surface area (Å²) in [5.41, 5.74) is 4.40. The van der Waals surface area contributed by atoms with Crippen LogP contribution in [-0.2, 0) is 19.4 Å². The predicted octanol–water partition coefficient (Wildman–Crippen LogP) is 5.22. The van der Waals surface area contributed by atoms with E-state index in [1.165, 1.54) is 10.9 Å². The molecule has 3 atom stereocenters. The first kappa shape index (κ1) is 23.1. The first-order valence-corrected chi connectivity index (χ1v) is 12.0. The fourth-order valence-electron chi connectivity index (χ4n) is 5.13. The lowest BCUT2D eigenvalue weighted by molar-refractivity contribution is -0.386. The van der Waals surface area contributed by atoms with Crippen molar-refractivity contribution >= 4 is 16.6 Å². The molecule has 0 bridgehead atoms. The van der Waals surface area contributed by atoms with Crippen LogP contribution in [0.5, 0.6) is 5.75 Å². The van der Waals surface area contributed by atoms with E-state index in [1.807, 2.05) is 48.7 Å². The predicted molar refractivity (Wildman–Crippen MR) is 136 cm³/mol. The summed E-state index contributed by atoms with van der Waals surface area (Å²) in [5.74, 6) is 0.240. The van der Waals surface area contributed by atoms with E-state index in [1.54, 1.807) is 12.1 Å². The average molecular weight is 472 g/mol. The summed E-state index contributed by atoms with van der Waals surface area (Å²) >= 11 is 0. The summed E-state index contributed by atoms with van der Waals surface area (Å²) in [4.78, 5) is 14.9. The van der Waals surface area contributed by atoms with Crippen molar-refractivity contribution in [2.75, 3.05) is 0 Å². The fourth-order valence-corrected chi connectivity index (χ4v) is 5.13. The molecule has 5 rings (SSSR count). The number of aromatic nitrogens is 1. The van der Waals surface area contributed by atoms with Crippen molar-refractivity contribution in [3.05, 3.63) is 105 Å². The van der Waals surface area contributed by atoms with Crippen LogP contribution in [0.15, 0.2) is 72.9 Å². The summed E-state index contributed by atoms with van der Waals surface area (Å²) in [7, 11) is 0. The van der Waals surface area contributed by atoms with Crippen LogP contribution in [0.25, 0.3) is 10.9 Å². The third kappa shape index (κ3) is 4.78. The van der Waals surface area contributed by atoms with Gasteiger partial charge in [-0.15, -0.1) is 0 Å². The maximum atomic E-state index is 12.0. The number of hydrogen-bond acceptors (Lipinski definition) is 5. The number of para-hydroxylation sites is 1. The van der Waals surface area contributed by atoms with Crippen molar-refractivity contribution < 1.29 is 14.8 Å². The molecule has 0 radical (unpaired) electrons. The molecule has 7 heteroatoms. The van der Waals surface area contributed by atoms with Crippen LogP contribution in [0, 0.1) is 10.1 Å². The average Bonchev–Trinajstić information content (AvgIpc) is 3.27. The monoisotopic (exact) mass is 471 g/mol. The topological polar surface area (TPSA) is 100 Å². The Kier molecular flexibility index (Phi) is 6.53. The van der Waals surface area contributed by atoms with Crippen molar-refractivity contribution in [2.24, 2.45) is 0 Å². The van der Waals surface area contributed by atoms with Crippen LogP contribution >= 0.6 is 0 Å². The highest BCUT2D eigenvalue weighted by Gasteiger charge is 2.35. The van der Waals surface area contributed by atoms with Crippen LogP contribution in [0.2, 0.25) is 0 Å². The van der Waals surface area contributed by atoms with Gasteiger partial charge in [0.05, 0.1) is 11.0 Å². The summed E-state index contributed by atoms with van der Waals surface area (Å²) in [6.45, 7) is 2.35. The molecule has 180 valence electrons. The second-order valence-electron chi connectivity index (χ2n) is 9.23. The SMILES string of the molecule is CC(Cc1c[nH]c2ccccc12)NC1CCc2c(ccc(OCc3ccccc3)c2[N+](=O)[O-])C1O. The molecule has 1 aliphatic carbocycles. The van der Waals surface area contributed by atoms with Gasteiger partial charge in [0.25, 0.3) is 0 Å². The number of nitro benzene ring substituents is 1. The van der Waals surface area contributed by atoms with E-state index in [-0.39, 0.29) is 35.1 Å². The Bertz CT molecular complexity index is 1330. The number of aliphatic hydroxyl groups excluding tert-OH is 1. The lowest BCUT2D eigenvalue weighted by Crippen LogP contribution is -2.44. The summed E-state index contributed by atoms with van der Waals surface area (Å²) in [6.07, 6.45) is 3.13. The van der Waals surface area contributed by atoms with Crippen molar-refractivity contribution in [1.29, 1.82) is 0 Å². The quantitative estimate of drug-likeness (QED) is 0.242. The number of rotatable bonds is 8. The van der Waals surface area contributed by atoms with Crippen molar-refractivity contribution in [3.8, 4) is 5.75 Å². The molecule has 3 N–H and O–H groups in total. The maximum absolute atomic E-state index is 12.0. The molecule has 1 aromatic heterocycles. The molecule has 3 unspecified atom stereocenters. The standard InChI is InChI=1S/C28H29N3O4/c1-18(15-20-16-29-24-10-6-5-9-21(20)24)30-25-13-11-22-23(28(25)32)12-14-26(27(22)31(33)34)35-17-19-7-3-2-4-8-19/h2-10,12,14,16,18,25,28-30,32H,11,13,15,17H2,1H3. The Balaban J connectivity index is 1.31. The van der Waals surface area contributed by atoms with Gasteiger partial charge in [-0.3, -0.25) is 10.1 Å². The molecule has 3 aromatic carbocycles. The first-order valence-electron chi connectivity index (χ1n) is 12.0. The minimum Gasteiger partial charge on any atom is -0.482 e. The number of nitrogens with zero attached hydrogens (tertiary/aromatic N) is 1. The number of benzene rings is 3. The zero-order chi connectivity index (χ0) is 24.4. The third-order valence-corrected chi connectivity index (χ3v) is 6.81. The Labute approximate surface area is 203 Å². The molecular formula is C28H29N3O4. The highest BCUT2D eigenvalue weighted by molar-refractivity contribution is 5.83. The molecule has 35 heavy (non-hydrogen) atoms. The molecule has 0 saturated heterocycles. The van der Waals surface area contributed by atoms with Gasteiger partial charge in [0.1, 0.15) is 6.61 Å². The molecule has 0 amide bonds. The molecule has 1 aliphatic rings. The summed E-state index contributed by atoms with van der Waals surface area (Å²) in [5, 5.41) is 27.9. The van der Waals surface area contributed by atoms with Crippen LogP contribution in [-0.4, -0.2) is 27.1 Å². The number of nitrogens with one attached hydrogen (secondary N) is 2. The van der Waals surface area contributed by atoms with Gasteiger partial charge in [-0.1, -0.05) is 54.6 Å². The zero-order valence-corrected chi connectivity index (χ0v) is 19.6. The molecule has 0 saturated carbocycles. The minimum atomic E-state index is -0.828. The van der Waals surface area contributed by atoms with Gasteiger partial charge in [-0.2, -0.15) is 0 Å². The molecule has 0 aliphatic heterocycles. The van der Waals surface area contributed by atoms with E-state index < -0.39 is 6.10 Å². The van der Waals surface area contributed by atoms with Crippen LogP contribution < -0.4 is 10.1 Å². The second kappa shape index (κ2) is 9.90. The van der Waals surface area contributed by atoms with Gasteiger partial charge in [-0.25, -0.2) is 0 Å². The Morgan fingerprint density at radius 1 is 1.14 bits per heavy atom. The number of ether oxygens (including phenoxy) is 1. The maximum Gasteiger partial charge on any atom is 0.314 e. The number of H-pyrrole nitrogens is 1. The normalized spacial score (nSPS) is 18.2. The zero-order valence-electron chi connectivity index (χ0n) is 19.6. The minimum absolute atomic E-state index is 0.0391. The van der Waals surface area contributed by atoms with Gasteiger partial charge in [0.2, 0.25) is 0 Å². The van der Waals surface area contributed by atoms with Gasteiger partial charge in [0.15, 0.2) is 5.75 Å². The molecule has 0 fully saturated rings. The van der Waals surface area contributed by atoms with E-state index in [0.29, 0.717) is 24.0 Å². The van der Waals surface area contributed by atoms with Gasteiger partial charge in [-0.05, 0) is 55.0 Å². The van der Waals surface area contributed by atoms with Crippen LogP contribution in [0.1, 0.15) is 41.7 Å². The lowest BCUT2D eigenvalue weighted by atomic mass is 9.84. The molecule has 7 nitrogen and oxygen atoms in total. The fraction of sp³-hybridized carbons (Fsp3) is 0.286. The Morgan fingerprint density at radius 2 is 1.91 bits per heavy atom. The molecule has 0 spiro atoms. The molecular weight excluding hydrogens is 442 g/mol. The van der Waals surface area contributed by atoms with Crippen LogP contribution in [0.4, 0.5) is 5.69 Å². The van der Waals surface area contributed by atoms with E-state index in [2.05, 4.69) is 29.4 Å². The number of hydrogen-bond donors (Lipinski definition) is 3. The summed E-state index contributed by atoms with van der Waals surface area (Å²) in [6, 6.07) is 21.1. The summed E-state index contributed by atoms with van der Waals surface area (Å²) < 4.78 is 5.83. The first-order chi connectivity index (χ1) is 17.0. The van der Waals surface area contributed by atoms with Gasteiger partial charge in [0, 0.05) is 34.7 Å². The Morgan fingerprint density at radius 3 is 2.71 bits per heavy atom. The van der Waals surface area contributed by atoms with E-state index in [4.69, 9.17) is 4.74 Å². The molecule has 4 aromatic rings.